The largest absolute Gasteiger partial charge is 0.0817 e. The molecule has 1 aliphatic carbocycles. The van der Waals surface area contributed by atoms with E-state index in [1.54, 1.807) is 5.57 Å². The zero-order valence-electron chi connectivity index (χ0n) is 15.6. The summed E-state index contributed by atoms with van der Waals surface area (Å²) in [6, 6.07) is 0. The zero-order chi connectivity index (χ0) is 15.8. The lowest BCUT2D eigenvalue weighted by Gasteiger charge is -2.34. The van der Waals surface area contributed by atoms with E-state index in [1.807, 2.05) is 0 Å². The Hall–Kier alpha value is -0.260. The molecular weight excluding hydrogens is 240 g/mol. The summed E-state index contributed by atoms with van der Waals surface area (Å²) >= 11 is 0. The van der Waals surface area contributed by atoms with Gasteiger partial charge in [0, 0.05) is 0 Å². The van der Waals surface area contributed by atoms with E-state index in [1.165, 1.54) is 38.5 Å². The number of allylic oxidation sites excluding steroid dienone is 2. The van der Waals surface area contributed by atoms with Crippen LogP contribution in [0.4, 0.5) is 0 Å². The highest BCUT2D eigenvalue weighted by Gasteiger charge is 2.27. The molecule has 0 N–H and O–H groups in total. The van der Waals surface area contributed by atoms with Crippen LogP contribution >= 0.6 is 0 Å². The van der Waals surface area contributed by atoms with Gasteiger partial charge in [0.1, 0.15) is 0 Å². The molecule has 120 valence electrons. The van der Waals surface area contributed by atoms with E-state index >= 15 is 0 Å². The maximum atomic E-state index is 2.62. The van der Waals surface area contributed by atoms with Crippen molar-refractivity contribution in [3.63, 3.8) is 0 Å². The Kier molecular flexibility index (Phi) is 9.51. The first kappa shape index (κ1) is 19.7. The molecule has 1 fully saturated rings. The van der Waals surface area contributed by atoms with Gasteiger partial charge in [-0.05, 0) is 55.8 Å². The maximum absolute atomic E-state index is 2.62. The minimum Gasteiger partial charge on any atom is -0.0817 e. The lowest BCUT2D eigenvalue weighted by Crippen LogP contribution is -2.22. The second-order valence-corrected chi connectivity index (χ2v) is 7.38. The molecule has 1 saturated carbocycles. The van der Waals surface area contributed by atoms with Crippen molar-refractivity contribution in [2.45, 2.75) is 93.9 Å². The first-order valence-corrected chi connectivity index (χ1v) is 9.03. The summed E-state index contributed by atoms with van der Waals surface area (Å²) in [5.74, 6) is 2.64. The monoisotopic (exact) mass is 280 g/mol. The van der Waals surface area contributed by atoms with Gasteiger partial charge in [0.2, 0.25) is 0 Å². The molecule has 3 atom stereocenters. The fourth-order valence-corrected chi connectivity index (χ4v) is 3.14. The van der Waals surface area contributed by atoms with Crippen LogP contribution in [0.15, 0.2) is 11.6 Å². The highest BCUT2D eigenvalue weighted by atomic mass is 14.3. The van der Waals surface area contributed by atoms with Crippen LogP contribution in [-0.4, -0.2) is 0 Å². The topological polar surface area (TPSA) is 0 Å². The molecule has 0 aromatic heterocycles. The van der Waals surface area contributed by atoms with E-state index in [2.05, 4.69) is 61.5 Å². The molecule has 0 aromatic rings. The van der Waals surface area contributed by atoms with E-state index < -0.39 is 0 Å². The van der Waals surface area contributed by atoms with Gasteiger partial charge in [-0.1, -0.05) is 73.0 Å². The Bertz CT molecular complexity index is 270. The summed E-state index contributed by atoms with van der Waals surface area (Å²) in [7, 11) is 0. The lowest BCUT2D eigenvalue weighted by atomic mass is 9.71. The average molecular weight is 281 g/mol. The fourth-order valence-electron chi connectivity index (χ4n) is 3.14. The van der Waals surface area contributed by atoms with E-state index in [-0.39, 0.29) is 0 Å². The maximum Gasteiger partial charge on any atom is -0.0124 e. The van der Waals surface area contributed by atoms with E-state index in [9.17, 15) is 0 Å². The SMILES string of the molecule is CCC.CCC(C)(CC)/C(C)=C/C1CC(C)CCC1C. The molecule has 0 nitrogen and oxygen atoms in total. The van der Waals surface area contributed by atoms with Crippen LogP contribution < -0.4 is 0 Å². The molecule has 0 bridgehead atoms. The second kappa shape index (κ2) is 9.64. The lowest BCUT2D eigenvalue weighted by molar-refractivity contribution is 0.239. The predicted octanol–water partition coefficient (Wildman–Crippen LogP) is 7.25. The van der Waals surface area contributed by atoms with Crippen LogP contribution in [0.3, 0.4) is 0 Å². The number of rotatable bonds is 4. The normalized spacial score (nSPS) is 27.8. The summed E-state index contributed by atoms with van der Waals surface area (Å²) in [6.45, 7) is 18.5. The third kappa shape index (κ3) is 6.02. The molecule has 0 saturated heterocycles. The van der Waals surface area contributed by atoms with Gasteiger partial charge in [-0.2, -0.15) is 0 Å². The molecule has 0 heterocycles. The summed E-state index contributed by atoms with van der Waals surface area (Å²) in [5, 5.41) is 0. The fraction of sp³-hybridized carbons (Fsp3) is 0.900. The molecule has 1 aliphatic rings. The Morgan fingerprint density at radius 1 is 1.05 bits per heavy atom. The first-order valence-electron chi connectivity index (χ1n) is 9.03. The average Bonchev–Trinajstić information content (AvgIpc) is 2.42. The van der Waals surface area contributed by atoms with Gasteiger partial charge in [-0.3, -0.25) is 0 Å². The van der Waals surface area contributed by atoms with Crippen molar-refractivity contribution in [1.29, 1.82) is 0 Å². The Balaban J connectivity index is 0.00000110. The standard InChI is InChI=1S/C17H32.C3H8/c1-7-17(6,8-2)15(5)12-16-11-13(3)9-10-14(16)4;1-3-2/h12-14,16H,7-11H2,1-6H3;3H2,1-2H3/b15-12+;. The molecule has 0 heteroatoms. The molecule has 0 amide bonds. The number of hydrogen-bond acceptors (Lipinski definition) is 0. The molecule has 3 unspecified atom stereocenters. The molecule has 0 aliphatic heterocycles. The highest BCUT2D eigenvalue weighted by molar-refractivity contribution is 5.12. The number of hydrogen-bond donors (Lipinski definition) is 0. The minimum atomic E-state index is 0.431. The first-order chi connectivity index (χ1) is 9.34. The second-order valence-electron chi connectivity index (χ2n) is 7.38. The van der Waals surface area contributed by atoms with Gasteiger partial charge in [-0.25, -0.2) is 0 Å². The molecule has 0 aromatic carbocycles. The van der Waals surface area contributed by atoms with E-state index in [4.69, 9.17) is 0 Å². The molecule has 20 heavy (non-hydrogen) atoms. The van der Waals surface area contributed by atoms with Crippen LogP contribution in [0.1, 0.15) is 93.9 Å². The molecule has 0 spiro atoms. The quantitative estimate of drug-likeness (QED) is 0.476. The van der Waals surface area contributed by atoms with Crippen molar-refractivity contribution in [3.05, 3.63) is 11.6 Å². The third-order valence-corrected chi connectivity index (χ3v) is 5.50. The van der Waals surface area contributed by atoms with Gasteiger partial charge in [0.25, 0.3) is 0 Å². The van der Waals surface area contributed by atoms with Gasteiger partial charge in [0.15, 0.2) is 0 Å². The van der Waals surface area contributed by atoms with Crippen molar-refractivity contribution < 1.29 is 0 Å². The Labute approximate surface area is 129 Å². The van der Waals surface area contributed by atoms with Crippen molar-refractivity contribution >= 4 is 0 Å². The minimum absolute atomic E-state index is 0.431. The van der Waals surface area contributed by atoms with Gasteiger partial charge in [0.05, 0.1) is 0 Å². The van der Waals surface area contributed by atoms with Crippen LogP contribution in [0, 0.1) is 23.2 Å². The Morgan fingerprint density at radius 2 is 1.55 bits per heavy atom. The van der Waals surface area contributed by atoms with Crippen LogP contribution in [0.25, 0.3) is 0 Å². The van der Waals surface area contributed by atoms with Crippen LogP contribution in [0.2, 0.25) is 0 Å². The summed E-state index contributed by atoms with van der Waals surface area (Å²) < 4.78 is 0. The van der Waals surface area contributed by atoms with Gasteiger partial charge < -0.3 is 0 Å². The van der Waals surface area contributed by atoms with Gasteiger partial charge in [-0.15, -0.1) is 0 Å². The third-order valence-electron chi connectivity index (χ3n) is 5.50. The van der Waals surface area contributed by atoms with Crippen LogP contribution in [0.5, 0.6) is 0 Å². The van der Waals surface area contributed by atoms with Crippen LogP contribution in [-0.2, 0) is 0 Å². The van der Waals surface area contributed by atoms with Crippen molar-refractivity contribution in [2.75, 3.05) is 0 Å². The molecular formula is C20H40. The van der Waals surface area contributed by atoms with Gasteiger partial charge >= 0.3 is 0 Å². The summed E-state index contributed by atoms with van der Waals surface area (Å²) in [6.07, 6.45) is 10.7. The van der Waals surface area contributed by atoms with Crippen molar-refractivity contribution in [1.82, 2.24) is 0 Å². The summed E-state index contributed by atoms with van der Waals surface area (Å²) in [5.41, 5.74) is 2.06. The Morgan fingerprint density at radius 3 is 2.00 bits per heavy atom. The highest BCUT2D eigenvalue weighted by Crippen LogP contribution is 2.39. The zero-order valence-corrected chi connectivity index (χ0v) is 15.6. The summed E-state index contributed by atoms with van der Waals surface area (Å²) in [4.78, 5) is 0. The predicted molar refractivity (Wildman–Crippen MR) is 94.1 cm³/mol. The smallest absolute Gasteiger partial charge is 0.0124 e. The molecule has 1 rings (SSSR count). The van der Waals surface area contributed by atoms with Crippen molar-refractivity contribution in [2.24, 2.45) is 23.2 Å². The van der Waals surface area contributed by atoms with Crippen molar-refractivity contribution in [3.8, 4) is 0 Å². The van der Waals surface area contributed by atoms with E-state index in [0.717, 1.165) is 17.8 Å². The molecule has 0 radical (unpaired) electrons. The van der Waals surface area contributed by atoms with E-state index in [0.29, 0.717) is 5.41 Å².